The lowest BCUT2D eigenvalue weighted by atomic mass is 10.1. The minimum absolute atomic E-state index is 0.375. The molecule has 0 aliphatic carbocycles. The van der Waals surface area contributed by atoms with E-state index in [1.807, 2.05) is 12.1 Å². The number of hydrogen-bond acceptors (Lipinski definition) is 3. The van der Waals surface area contributed by atoms with Gasteiger partial charge in [-0.15, -0.1) is 0 Å². The van der Waals surface area contributed by atoms with Crippen LogP contribution in [0.5, 0.6) is 0 Å². The molecule has 2 N–H and O–H groups in total. The number of likely N-dealkylation sites (tertiary alicyclic amines) is 1. The summed E-state index contributed by atoms with van der Waals surface area (Å²) in [5.74, 6) is 1.07. The Morgan fingerprint density at radius 1 is 1.57 bits per heavy atom. The summed E-state index contributed by atoms with van der Waals surface area (Å²) in [6.07, 6.45) is 5.15. The Morgan fingerprint density at radius 2 is 2.50 bits per heavy atom. The quantitative estimate of drug-likeness (QED) is 0.787. The van der Waals surface area contributed by atoms with Crippen molar-refractivity contribution in [3.05, 3.63) is 24.2 Å². The van der Waals surface area contributed by atoms with Crippen LogP contribution in [0.15, 0.2) is 22.8 Å². The molecule has 2 rings (SSSR count). The van der Waals surface area contributed by atoms with Crippen LogP contribution >= 0.6 is 0 Å². The minimum atomic E-state index is 0.375. The molecule has 0 radical (unpaired) electrons. The van der Waals surface area contributed by atoms with Crippen molar-refractivity contribution in [3.63, 3.8) is 0 Å². The molecular formula is C11H18N2O. The predicted molar refractivity (Wildman–Crippen MR) is 56.1 cm³/mol. The van der Waals surface area contributed by atoms with Gasteiger partial charge in [0.25, 0.3) is 0 Å². The molecule has 1 saturated heterocycles. The van der Waals surface area contributed by atoms with Gasteiger partial charge in [-0.3, -0.25) is 0 Å². The van der Waals surface area contributed by atoms with Crippen LogP contribution in [-0.2, 0) is 6.42 Å². The fraction of sp³-hybridized carbons (Fsp3) is 0.636. The van der Waals surface area contributed by atoms with Gasteiger partial charge in [-0.1, -0.05) is 0 Å². The van der Waals surface area contributed by atoms with Gasteiger partial charge in [0.15, 0.2) is 0 Å². The van der Waals surface area contributed by atoms with Gasteiger partial charge >= 0.3 is 0 Å². The average Bonchev–Trinajstić information content (AvgIpc) is 2.67. The Kier molecular flexibility index (Phi) is 3.22. The zero-order valence-corrected chi connectivity index (χ0v) is 8.48. The second kappa shape index (κ2) is 4.62. The largest absolute Gasteiger partial charge is 0.469 e. The number of furan rings is 1. The monoisotopic (exact) mass is 194 g/mol. The molecule has 0 bridgehead atoms. The van der Waals surface area contributed by atoms with Crippen molar-refractivity contribution in [3.8, 4) is 0 Å². The van der Waals surface area contributed by atoms with E-state index in [9.17, 15) is 0 Å². The highest BCUT2D eigenvalue weighted by atomic mass is 16.3. The molecule has 1 aromatic rings. The lowest BCUT2D eigenvalue weighted by Crippen LogP contribution is -2.43. The lowest BCUT2D eigenvalue weighted by molar-refractivity contribution is 0.208. The number of nitrogens with zero attached hydrogens (tertiary/aromatic N) is 1. The van der Waals surface area contributed by atoms with Crippen molar-refractivity contribution in [2.24, 2.45) is 5.73 Å². The molecular weight excluding hydrogens is 176 g/mol. The van der Waals surface area contributed by atoms with Gasteiger partial charge in [-0.25, -0.2) is 0 Å². The van der Waals surface area contributed by atoms with Gasteiger partial charge in [0.1, 0.15) is 5.76 Å². The second-order valence-corrected chi connectivity index (χ2v) is 4.03. The third kappa shape index (κ3) is 2.59. The van der Waals surface area contributed by atoms with Crippen LogP contribution in [-0.4, -0.2) is 30.6 Å². The van der Waals surface area contributed by atoms with Gasteiger partial charge in [-0.2, -0.15) is 0 Å². The van der Waals surface area contributed by atoms with Gasteiger partial charge in [0, 0.05) is 25.6 Å². The molecule has 1 aromatic heterocycles. The molecule has 0 saturated carbocycles. The Morgan fingerprint density at radius 3 is 3.21 bits per heavy atom. The number of nitrogens with two attached hydrogens (primary N) is 1. The summed E-state index contributed by atoms with van der Waals surface area (Å²) < 4.78 is 5.29. The van der Waals surface area contributed by atoms with Crippen molar-refractivity contribution in [2.45, 2.75) is 25.3 Å². The van der Waals surface area contributed by atoms with Crippen molar-refractivity contribution in [2.75, 3.05) is 19.6 Å². The van der Waals surface area contributed by atoms with Crippen LogP contribution in [0.25, 0.3) is 0 Å². The van der Waals surface area contributed by atoms with Crippen LogP contribution in [0.3, 0.4) is 0 Å². The van der Waals surface area contributed by atoms with Gasteiger partial charge in [0.05, 0.1) is 6.26 Å². The Bertz CT molecular complexity index is 258. The zero-order valence-electron chi connectivity index (χ0n) is 8.48. The predicted octanol–water partition coefficient (Wildman–Crippen LogP) is 1.25. The van der Waals surface area contributed by atoms with E-state index < -0.39 is 0 Å². The molecule has 1 unspecified atom stereocenters. The van der Waals surface area contributed by atoms with E-state index in [0.717, 1.165) is 25.3 Å². The SMILES string of the molecule is NC1CCCN(CCc2ccco2)C1. The van der Waals surface area contributed by atoms with E-state index in [1.54, 1.807) is 6.26 Å². The molecule has 1 aliphatic rings. The lowest BCUT2D eigenvalue weighted by Gasteiger charge is -2.30. The summed E-state index contributed by atoms with van der Waals surface area (Å²) in [6, 6.07) is 4.35. The standard InChI is InChI=1S/C11H18N2O/c12-10-3-1-6-13(9-10)7-5-11-4-2-8-14-11/h2,4,8,10H,1,3,5-7,9,12H2. The maximum Gasteiger partial charge on any atom is 0.105 e. The first-order chi connectivity index (χ1) is 6.84. The molecule has 3 heteroatoms. The highest BCUT2D eigenvalue weighted by Crippen LogP contribution is 2.09. The maximum absolute atomic E-state index is 5.91. The Hall–Kier alpha value is -0.800. The Balaban J connectivity index is 1.75. The first-order valence-electron chi connectivity index (χ1n) is 5.35. The first kappa shape index (κ1) is 9.74. The molecule has 1 fully saturated rings. The van der Waals surface area contributed by atoms with Crippen molar-refractivity contribution >= 4 is 0 Å². The van der Waals surface area contributed by atoms with Crippen LogP contribution in [0.2, 0.25) is 0 Å². The molecule has 1 aliphatic heterocycles. The summed E-state index contributed by atoms with van der Waals surface area (Å²) in [6.45, 7) is 3.30. The van der Waals surface area contributed by atoms with E-state index in [-0.39, 0.29) is 0 Å². The van der Waals surface area contributed by atoms with Gasteiger partial charge in [-0.05, 0) is 31.5 Å². The normalized spacial score (nSPS) is 23.9. The number of hydrogen-bond donors (Lipinski definition) is 1. The van der Waals surface area contributed by atoms with E-state index in [4.69, 9.17) is 10.2 Å². The molecule has 0 aromatic carbocycles. The highest BCUT2D eigenvalue weighted by Gasteiger charge is 2.16. The summed E-state index contributed by atoms with van der Waals surface area (Å²) in [4.78, 5) is 2.43. The Labute approximate surface area is 84.9 Å². The molecule has 0 amide bonds. The fourth-order valence-electron chi connectivity index (χ4n) is 2.02. The van der Waals surface area contributed by atoms with Crippen LogP contribution < -0.4 is 5.73 Å². The van der Waals surface area contributed by atoms with Crippen LogP contribution in [0.4, 0.5) is 0 Å². The van der Waals surface area contributed by atoms with E-state index in [0.29, 0.717) is 6.04 Å². The van der Waals surface area contributed by atoms with Crippen LogP contribution in [0, 0.1) is 0 Å². The third-order valence-electron chi connectivity index (χ3n) is 2.80. The van der Waals surface area contributed by atoms with Crippen molar-refractivity contribution < 1.29 is 4.42 Å². The molecule has 14 heavy (non-hydrogen) atoms. The molecule has 0 spiro atoms. The maximum atomic E-state index is 5.91. The number of rotatable bonds is 3. The number of piperidine rings is 1. The third-order valence-corrected chi connectivity index (χ3v) is 2.80. The first-order valence-corrected chi connectivity index (χ1v) is 5.35. The van der Waals surface area contributed by atoms with E-state index in [2.05, 4.69) is 4.90 Å². The van der Waals surface area contributed by atoms with Crippen LogP contribution in [0.1, 0.15) is 18.6 Å². The summed E-state index contributed by atoms with van der Waals surface area (Å²) in [5, 5.41) is 0. The van der Waals surface area contributed by atoms with Gasteiger partial charge < -0.3 is 15.1 Å². The fourth-order valence-corrected chi connectivity index (χ4v) is 2.02. The average molecular weight is 194 g/mol. The highest BCUT2D eigenvalue weighted by molar-refractivity contribution is 4.98. The molecule has 1 atom stereocenters. The topological polar surface area (TPSA) is 42.4 Å². The smallest absolute Gasteiger partial charge is 0.105 e. The summed E-state index contributed by atoms with van der Waals surface area (Å²) in [7, 11) is 0. The molecule has 78 valence electrons. The summed E-state index contributed by atoms with van der Waals surface area (Å²) >= 11 is 0. The van der Waals surface area contributed by atoms with E-state index in [1.165, 1.54) is 19.4 Å². The minimum Gasteiger partial charge on any atom is -0.469 e. The zero-order chi connectivity index (χ0) is 9.80. The molecule has 2 heterocycles. The van der Waals surface area contributed by atoms with Crippen molar-refractivity contribution in [1.82, 2.24) is 4.90 Å². The summed E-state index contributed by atoms with van der Waals surface area (Å²) in [5.41, 5.74) is 5.91. The van der Waals surface area contributed by atoms with Gasteiger partial charge in [0.2, 0.25) is 0 Å². The molecule has 3 nitrogen and oxygen atoms in total. The van der Waals surface area contributed by atoms with E-state index >= 15 is 0 Å². The van der Waals surface area contributed by atoms with Crippen molar-refractivity contribution in [1.29, 1.82) is 0 Å². The second-order valence-electron chi connectivity index (χ2n) is 4.03.